The highest BCUT2D eigenvalue weighted by atomic mass is 16.5. The number of amides is 1. The molecule has 1 aromatic rings. The summed E-state index contributed by atoms with van der Waals surface area (Å²) >= 11 is 0. The molecule has 0 radical (unpaired) electrons. The molecule has 1 aliphatic heterocycles. The lowest BCUT2D eigenvalue weighted by Crippen LogP contribution is -2.38. The van der Waals surface area contributed by atoms with Crippen molar-refractivity contribution in [2.24, 2.45) is 0 Å². The van der Waals surface area contributed by atoms with Gasteiger partial charge in [-0.1, -0.05) is 0 Å². The predicted octanol–water partition coefficient (Wildman–Crippen LogP) is 1.52. The van der Waals surface area contributed by atoms with Gasteiger partial charge in [0.1, 0.15) is 5.75 Å². The largest absolute Gasteiger partial charge is 0.497 e. The van der Waals surface area contributed by atoms with E-state index in [9.17, 15) is 4.79 Å². The molecule has 0 aromatic heterocycles. The molecule has 0 spiro atoms. The average Bonchev–Trinajstić information content (AvgIpc) is 2.63. The zero-order valence-electron chi connectivity index (χ0n) is 11.0. The summed E-state index contributed by atoms with van der Waals surface area (Å²) in [6.07, 6.45) is 1.01. The van der Waals surface area contributed by atoms with Gasteiger partial charge in [-0.05, 0) is 44.2 Å². The van der Waals surface area contributed by atoms with Crippen molar-refractivity contribution in [1.82, 2.24) is 10.2 Å². The summed E-state index contributed by atoms with van der Waals surface area (Å²) in [6, 6.07) is 7.66. The number of ether oxygens (including phenoxy) is 1. The van der Waals surface area contributed by atoms with Gasteiger partial charge in [-0.25, -0.2) is 0 Å². The van der Waals surface area contributed by atoms with Crippen molar-refractivity contribution >= 4 is 5.91 Å². The fraction of sp³-hybridized carbons (Fsp3) is 0.500. The van der Waals surface area contributed by atoms with Crippen molar-refractivity contribution in [2.75, 3.05) is 26.7 Å². The van der Waals surface area contributed by atoms with Gasteiger partial charge in [-0.15, -0.1) is 0 Å². The minimum absolute atomic E-state index is 0.105. The lowest BCUT2D eigenvalue weighted by molar-refractivity contribution is 0.0755. The number of methoxy groups -OCH3 is 1. The summed E-state index contributed by atoms with van der Waals surface area (Å²) in [5, 5.41) is 3.39. The Kier molecular flexibility index (Phi) is 4.20. The van der Waals surface area contributed by atoms with Crippen LogP contribution in [0, 0.1) is 0 Å². The van der Waals surface area contributed by atoms with Crippen molar-refractivity contribution in [3.8, 4) is 5.75 Å². The highest BCUT2D eigenvalue weighted by Crippen LogP contribution is 2.14. The summed E-state index contributed by atoms with van der Waals surface area (Å²) in [4.78, 5) is 14.3. The van der Waals surface area contributed by atoms with Gasteiger partial charge in [0.25, 0.3) is 5.91 Å². The first-order valence-electron chi connectivity index (χ1n) is 6.37. The lowest BCUT2D eigenvalue weighted by atomic mass is 10.2. The van der Waals surface area contributed by atoms with E-state index in [2.05, 4.69) is 12.2 Å². The molecule has 1 unspecified atom stereocenters. The van der Waals surface area contributed by atoms with Crippen LogP contribution in [0.25, 0.3) is 0 Å². The molecule has 4 heteroatoms. The van der Waals surface area contributed by atoms with Crippen LogP contribution in [-0.2, 0) is 0 Å². The van der Waals surface area contributed by atoms with E-state index in [0.29, 0.717) is 6.04 Å². The Hall–Kier alpha value is -1.55. The normalized spacial score (nSPS) is 20.3. The van der Waals surface area contributed by atoms with Gasteiger partial charge in [0.15, 0.2) is 0 Å². The van der Waals surface area contributed by atoms with Crippen LogP contribution >= 0.6 is 0 Å². The first-order chi connectivity index (χ1) is 8.70. The number of nitrogens with one attached hydrogen (secondary N) is 1. The van der Waals surface area contributed by atoms with Gasteiger partial charge in [0.2, 0.25) is 0 Å². The van der Waals surface area contributed by atoms with Crippen LogP contribution in [0.5, 0.6) is 5.75 Å². The molecule has 0 saturated carbocycles. The van der Waals surface area contributed by atoms with Gasteiger partial charge < -0.3 is 15.0 Å². The van der Waals surface area contributed by atoms with Gasteiger partial charge >= 0.3 is 0 Å². The molecule has 98 valence electrons. The molecule has 1 fully saturated rings. The lowest BCUT2D eigenvalue weighted by Gasteiger charge is -2.22. The van der Waals surface area contributed by atoms with Gasteiger partial charge in [0.05, 0.1) is 7.11 Å². The maximum absolute atomic E-state index is 12.4. The Balaban J connectivity index is 2.08. The molecular weight excluding hydrogens is 228 g/mol. The molecule has 1 N–H and O–H groups in total. The second kappa shape index (κ2) is 5.87. The number of hydrogen-bond donors (Lipinski definition) is 1. The smallest absolute Gasteiger partial charge is 0.253 e. The van der Waals surface area contributed by atoms with Crippen molar-refractivity contribution in [1.29, 1.82) is 0 Å². The maximum Gasteiger partial charge on any atom is 0.253 e. The third kappa shape index (κ3) is 3.01. The predicted molar refractivity (Wildman–Crippen MR) is 71.0 cm³/mol. The standard InChI is InChI=1S/C14H20N2O2/c1-11-10-16(9-3-8-15-11)14(17)12-4-6-13(18-2)7-5-12/h4-7,11,15H,3,8-10H2,1-2H3. The summed E-state index contributed by atoms with van der Waals surface area (Å²) in [5.74, 6) is 0.880. The van der Waals surface area contributed by atoms with E-state index >= 15 is 0 Å². The maximum atomic E-state index is 12.4. The number of nitrogens with zero attached hydrogens (tertiary/aromatic N) is 1. The Labute approximate surface area is 108 Å². The van der Waals surface area contributed by atoms with Crippen molar-refractivity contribution in [2.45, 2.75) is 19.4 Å². The Morgan fingerprint density at radius 2 is 2.11 bits per heavy atom. The Morgan fingerprint density at radius 3 is 2.78 bits per heavy atom. The number of hydrogen-bond acceptors (Lipinski definition) is 3. The quantitative estimate of drug-likeness (QED) is 0.862. The van der Waals surface area contributed by atoms with Crippen LogP contribution in [-0.4, -0.2) is 43.6 Å². The number of carbonyl (C=O) groups excluding carboxylic acids is 1. The van der Waals surface area contributed by atoms with Crippen LogP contribution < -0.4 is 10.1 Å². The second-order valence-electron chi connectivity index (χ2n) is 4.69. The van der Waals surface area contributed by atoms with E-state index < -0.39 is 0 Å². The third-order valence-electron chi connectivity index (χ3n) is 3.22. The van der Waals surface area contributed by atoms with E-state index in [-0.39, 0.29) is 5.91 Å². The molecule has 18 heavy (non-hydrogen) atoms. The number of carbonyl (C=O) groups is 1. The first-order valence-corrected chi connectivity index (χ1v) is 6.37. The topological polar surface area (TPSA) is 41.6 Å². The fourth-order valence-electron chi connectivity index (χ4n) is 2.21. The monoisotopic (exact) mass is 248 g/mol. The van der Waals surface area contributed by atoms with Crippen LogP contribution in [0.15, 0.2) is 24.3 Å². The molecule has 1 atom stereocenters. The van der Waals surface area contributed by atoms with E-state index in [4.69, 9.17) is 4.74 Å². The van der Waals surface area contributed by atoms with Crippen LogP contribution in [0.3, 0.4) is 0 Å². The molecule has 1 aliphatic rings. The van der Waals surface area contributed by atoms with Crippen LogP contribution in [0.1, 0.15) is 23.7 Å². The minimum Gasteiger partial charge on any atom is -0.497 e. The van der Waals surface area contributed by atoms with E-state index in [1.165, 1.54) is 0 Å². The molecule has 1 amide bonds. The molecule has 1 aromatic carbocycles. The molecular formula is C14H20N2O2. The summed E-state index contributed by atoms with van der Waals surface area (Å²) < 4.78 is 5.10. The van der Waals surface area contributed by atoms with E-state index in [0.717, 1.165) is 37.4 Å². The second-order valence-corrected chi connectivity index (χ2v) is 4.69. The molecule has 1 saturated heterocycles. The third-order valence-corrected chi connectivity index (χ3v) is 3.22. The van der Waals surface area contributed by atoms with Crippen LogP contribution in [0.2, 0.25) is 0 Å². The summed E-state index contributed by atoms with van der Waals surface area (Å²) in [6.45, 7) is 4.68. The average molecular weight is 248 g/mol. The number of benzene rings is 1. The van der Waals surface area contributed by atoms with Crippen molar-refractivity contribution < 1.29 is 9.53 Å². The molecule has 2 rings (SSSR count). The van der Waals surface area contributed by atoms with E-state index in [1.54, 1.807) is 7.11 Å². The SMILES string of the molecule is COc1ccc(C(=O)N2CCCNC(C)C2)cc1. The molecule has 0 bridgehead atoms. The van der Waals surface area contributed by atoms with Gasteiger partial charge in [-0.2, -0.15) is 0 Å². The highest BCUT2D eigenvalue weighted by molar-refractivity contribution is 5.94. The summed E-state index contributed by atoms with van der Waals surface area (Å²) in [7, 11) is 1.62. The van der Waals surface area contributed by atoms with E-state index in [1.807, 2.05) is 29.2 Å². The Morgan fingerprint density at radius 1 is 1.39 bits per heavy atom. The highest BCUT2D eigenvalue weighted by Gasteiger charge is 2.20. The van der Waals surface area contributed by atoms with Crippen molar-refractivity contribution in [3.05, 3.63) is 29.8 Å². The van der Waals surface area contributed by atoms with Gasteiger partial charge in [0, 0.05) is 24.7 Å². The first kappa shape index (κ1) is 12.9. The summed E-state index contributed by atoms with van der Waals surface area (Å²) in [5.41, 5.74) is 0.727. The molecule has 0 aliphatic carbocycles. The van der Waals surface area contributed by atoms with Crippen molar-refractivity contribution in [3.63, 3.8) is 0 Å². The van der Waals surface area contributed by atoms with Crippen LogP contribution in [0.4, 0.5) is 0 Å². The minimum atomic E-state index is 0.105. The number of rotatable bonds is 2. The molecule has 1 heterocycles. The zero-order valence-corrected chi connectivity index (χ0v) is 11.0. The fourth-order valence-corrected chi connectivity index (χ4v) is 2.21. The zero-order chi connectivity index (χ0) is 13.0. The molecule has 4 nitrogen and oxygen atoms in total. The Bertz CT molecular complexity index is 403. The van der Waals surface area contributed by atoms with Gasteiger partial charge in [-0.3, -0.25) is 4.79 Å².